The maximum Gasteiger partial charge on any atom is 0.420 e. The number of alkyl halides is 3. The molecule has 0 saturated heterocycles. The number of hydrogen-bond donors (Lipinski definition) is 1. The lowest BCUT2D eigenvalue weighted by Crippen LogP contribution is -2.35. The fourth-order valence-electron chi connectivity index (χ4n) is 3.08. The smallest absolute Gasteiger partial charge is 0.420 e. The summed E-state index contributed by atoms with van der Waals surface area (Å²) in [7, 11) is 1.35. The molecule has 1 aromatic heterocycles. The van der Waals surface area contributed by atoms with E-state index in [1.165, 1.54) is 13.2 Å². The van der Waals surface area contributed by atoms with Crippen LogP contribution in [0.2, 0.25) is 5.02 Å². The van der Waals surface area contributed by atoms with Gasteiger partial charge in [0.2, 0.25) is 5.90 Å². The monoisotopic (exact) mass is 457 g/mol. The molecule has 2 heterocycles. The Morgan fingerprint density at radius 3 is 2.77 bits per heavy atom. The van der Waals surface area contributed by atoms with Crippen LogP contribution in [0.25, 0.3) is 0 Å². The molecule has 31 heavy (non-hydrogen) atoms. The van der Waals surface area contributed by atoms with Crippen LogP contribution in [-0.2, 0) is 6.18 Å². The zero-order valence-corrected chi connectivity index (χ0v) is 16.9. The molecule has 0 amide bonds. The second-order valence-corrected chi connectivity index (χ2v) is 6.80. The molecule has 0 fully saturated rings. The predicted molar refractivity (Wildman–Crippen MR) is 109 cm³/mol. The van der Waals surface area contributed by atoms with Crippen LogP contribution in [0, 0.1) is 5.82 Å². The first-order valence-corrected chi connectivity index (χ1v) is 9.22. The van der Waals surface area contributed by atoms with E-state index in [0.29, 0.717) is 29.6 Å². The first kappa shape index (κ1) is 22.5. The molecule has 1 aliphatic heterocycles. The molecule has 0 unspecified atom stereocenters. The van der Waals surface area contributed by atoms with Gasteiger partial charge in [0, 0.05) is 19.2 Å². The number of aromatic amines is 1. The second-order valence-electron chi connectivity index (χ2n) is 6.42. The van der Waals surface area contributed by atoms with E-state index in [-0.39, 0.29) is 23.9 Å². The molecular formula is C19H16ClF4N5O2. The number of nitrogens with one attached hydrogen (secondary N) is 1. The molecule has 0 atom stereocenters. The van der Waals surface area contributed by atoms with Gasteiger partial charge in [-0.15, -0.1) is 0 Å². The van der Waals surface area contributed by atoms with Gasteiger partial charge in [-0.3, -0.25) is 14.8 Å². The van der Waals surface area contributed by atoms with Crippen molar-refractivity contribution in [3.05, 3.63) is 62.4 Å². The van der Waals surface area contributed by atoms with Crippen LogP contribution in [0.3, 0.4) is 0 Å². The van der Waals surface area contributed by atoms with Crippen molar-refractivity contribution in [2.45, 2.75) is 12.6 Å². The van der Waals surface area contributed by atoms with Crippen molar-refractivity contribution in [3.8, 4) is 5.75 Å². The van der Waals surface area contributed by atoms with Gasteiger partial charge in [-0.05, 0) is 31.3 Å². The molecule has 0 radical (unpaired) electrons. The number of H-pyrrole nitrogens is 1. The first-order valence-electron chi connectivity index (χ1n) is 8.84. The summed E-state index contributed by atoms with van der Waals surface area (Å²) in [5, 5.41) is 5.89. The van der Waals surface area contributed by atoms with Crippen molar-refractivity contribution in [3.63, 3.8) is 0 Å². The van der Waals surface area contributed by atoms with Gasteiger partial charge in [-0.1, -0.05) is 11.6 Å². The predicted octanol–water partition coefficient (Wildman–Crippen LogP) is 3.85. The molecule has 0 spiro atoms. The third-order valence-electron chi connectivity index (χ3n) is 4.54. The van der Waals surface area contributed by atoms with E-state index >= 15 is 0 Å². The maximum absolute atomic E-state index is 13.4. The van der Waals surface area contributed by atoms with Gasteiger partial charge in [-0.25, -0.2) is 9.49 Å². The Hall–Kier alpha value is -3.21. The van der Waals surface area contributed by atoms with Gasteiger partial charge in [-0.2, -0.15) is 18.3 Å². The van der Waals surface area contributed by atoms with Gasteiger partial charge in [0.1, 0.15) is 22.2 Å². The number of aromatic nitrogens is 2. The molecule has 0 aliphatic carbocycles. The Labute approximate surface area is 178 Å². The lowest BCUT2D eigenvalue weighted by Gasteiger charge is -2.31. The molecule has 3 rings (SSSR count). The molecule has 1 aliphatic rings. The largest absolute Gasteiger partial charge is 0.438 e. The number of ether oxygens (including phenoxy) is 1. The SMILES string of the molecule is C=NC1=C(C(=NC)Oc2ccc(F)cc2C(F)(F)F)CCN(c2cn[nH]c(=O)c2Cl)C1. The lowest BCUT2D eigenvalue weighted by atomic mass is 10.0. The zero-order chi connectivity index (χ0) is 22.8. The minimum Gasteiger partial charge on any atom is -0.438 e. The fourth-order valence-corrected chi connectivity index (χ4v) is 3.29. The Morgan fingerprint density at radius 2 is 2.13 bits per heavy atom. The summed E-state index contributed by atoms with van der Waals surface area (Å²) in [4.78, 5) is 21.3. The highest BCUT2D eigenvalue weighted by Crippen LogP contribution is 2.37. The average molecular weight is 458 g/mol. The van der Waals surface area contributed by atoms with Crippen molar-refractivity contribution in [1.82, 2.24) is 10.2 Å². The van der Waals surface area contributed by atoms with Crippen molar-refractivity contribution >= 4 is 29.9 Å². The summed E-state index contributed by atoms with van der Waals surface area (Å²) in [5.41, 5.74) is -0.642. The molecule has 0 saturated carbocycles. The zero-order valence-electron chi connectivity index (χ0n) is 16.1. The molecule has 1 aromatic carbocycles. The molecule has 7 nitrogen and oxygen atoms in total. The number of aliphatic imine (C=N–C) groups is 2. The molecular weight excluding hydrogens is 442 g/mol. The minimum atomic E-state index is -4.82. The Morgan fingerprint density at radius 1 is 1.39 bits per heavy atom. The number of benzene rings is 1. The second kappa shape index (κ2) is 8.88. The van der Waals surface area contributed by atoms with E-state index in [4.69, 9.17) is 16.3 Å². The Balaban J connectivity index is 1.94. The van der Waals surface area contributed by atoms with E-state index < -0.39 is 28.9 Å². The summed E-state index contributed by atoms with van der Waals surface area (Å²) in [6.45, 7) is 3.97. The van der Waals surface area contributed by atoms with E-state index in [2.05, 4.69) is 26.9 Å². The van der Waals surface area contributed by atoms with Gasteiger partial charge >= 0.3 is 6.18 Å². The van der Waals surface area contributed by atoms with Gasteiger partial charge < -0.3 is 9.64 Å². The quantitative estimate of drug-likeness (QED) is 0.429. The summed E-state index contributed by atoms with van der Waals surface area (Å²) >= 11 is 6.05. The number of anilines is 1. The highest BCUT2D eigenvalue weighted by molar-refractivity contribution is 6.33. The average Bonchev–Trinajstić information content (AvgIpc) is 2.74. The van der Waals surface area contributed by atoms with Crippen molar-refractivity contribution in [2.24, 2.45) is 9.98 Å². The van der Waals surface area contributed by atoms with Crippen LogP contribution in [0.4, 0.5) is 23.2 Å². The van der Waals surface area contributed by atoms with E-state index in [1.807, 2.05) is 0 Å². The highest BCUT2D eigenvalue weighted by atomic mass is 35.5. The fraction of sp³-hybridized carbons (Fsp3) is 0.263. The van der Waals surface area contributed by atoms with Gasteiger partial charge in [0.15, 0.2) is 0 Å². The third kappa shape index (κ3) is 4.76. The Bertz CT molecular complexity index is 1130. The van der Waals surface area contributed by atoms with Crippen molar-refractivity contribution in [1.29, 1.82) is 0 Å². The number of nitrogens with zero attached hydrogens (tertiary/aromatic N) is 4. The lowest BCUT2D eigenvalue weighted by molar-refractivity contribution is -0.138. The van der Waals surface area contributed by atoms with E-state index in [0.717, 1.165) is 12.1 Å². The van der Waals surface area contributed by atoms with Crippen LogP contribution in [0.5, 0.6) is 5.75 Å². The molecule has 0 bridgehead atoms. The maximum atomic E-state index is 13.4. The number of hydrogen-bond acceptors (Lipinski definition) is 6. The molecule has 12 heteroatoms. The Kier molecular flexibility index (Phi) is 6.44. The minimum absolute atomic E-state index is 0.0522. The van der Waals surface area contributed by atoms with Crippen molar-refractivity contribution < 1.29 is 22.3 Å². The van der Waals surface area contributed by atoms with Crippen LogP contribution in [0.1, 0.15) is 12.0 Å². The molecule has 164 valence electrons. The van der Waals surface area contributed by atoms with Gasteiger partial charge in [0.05, 0.1) is 24.1 Å². The highest BCUT2D eigenvalue weighted by Gasteiger charge is 2.36. The summed E-state index contributed by atoms with van der Waals surface area (Å²) in [6, 6.07) is 2.11. The number of halogens is 5. The third-order valence-corrected chi connectivity index (χ3v) is 4.91. The summed E-state index contributed by atoms with van der Waals surface area (Å²) in [5.74, 6) is -1.73. The van der Waals surface area contributed by atoms with E-state index in [9.17, 15) is 22.4 Å². The van der Waals surface area contributed by atoms with Gasteiger partial charge in [0.25, 0.3) is 5.56 Å². The first-order chi connectivity index (χ1) is 14.7. The van der Waals surface area contributed by atoms with Crippen LogP contribution >= 0.6 is 11.6 Å². The van der Waals surface area contributed by atoms with E-state index in [1.54, 1.807) is 4.90 Å². The topological polar surface area (TPSA) is 82.9 Å². The standard InChI is InChI=1S/C19H16ClF4N5O2/c1-25-13-9-29(14-8-27-28-17(30)16(14)20)6-5-11(13)18(26-2)31-15-4-3-10(21)7-12(15)19(22,23)24/h3-4,7-8H,1,5-6,9H2,2H3,(H,28,30). The number of rotatable bonds is 4. The van der Waals surface area contributed by atoms with Crippen LogP contribution in [0.15, 0.2) is 50.4 Å². The molecule has 2 aromatic rings. The summed E-state index contributed by atoms with van der Waals surface area (Å²) in [6.07, 6.45) is -3.18. The van der Waals surface area contributed by atoms with Crippen molar-refractivity contribution in [2.75, 3.05) is 25.0 Å². The van der Waals surface area contributed by atoms with Crippen LogP contribution in [-0.4, -0.2) is 42.9 Å². The molecule has 1 N–H and O–H groups in total. The van der Waals surface area contributed by atoms with Crippen LogP contribution < -0.4 is 15.2 Å². The normalized spacial score (nSPS) is 15.3. The summed E-state index contributed by atoms with van der Waals surface area (Å²) < 4.78 is 58.7.